The molecule has 0 spiro atoms. The summed E-state index contributed by atoms with van der Waals surface area (Å²) in [6, 6.07) is 10.8. The zero-order valence-electron chi connectivity index (χ0n) is 21.3. The summed E-state index contributed by atoms with van der Waals surface area (Å²) in [6.45, 7) is 5.68. The SMILES string of the molecule is C=C1CCC(N2C(=O)C=C(Nc3ccc4c(c3)C(CC(=O)Cc3ccc(C)c(Cl)c3)CCC4)C2=O)C(=O)N1. The number of hydrogen-bond acceptors (Lipinski definition) is 5. The standard InChI is InChI=1S/C30H30ClN3O4/c1-17-6-8-19(13-25(17)31)12-23(35)14-21-5-3-4-20-9-10-22(15-24(20)21)33-26-16-28(36)34(30(26)38)27-11-7-18(2)32-29(27)37/h6,8-10,13,15-16,21,27,33H,2-5,7,11-12,14H2,1H3,(H,32,37). The van der Waals surface area contributed by atoms with Gasteiger partial charge in [-0.3, -0.25) is 24.1 Å². The number of carbonyl (C=O) groups excluding carboxylic acids is 4. The summed E-state index contributed by atoms with van der Waals surface area (Å²) in [5, 5.41) is 6.38. The van der Waals surface area contributed by atoms with E-state index in [-0.39, 0.29) is 17.4 Å². The Balaban J connectivity index is 1.28. The minimum atomic E-state index is -0.849. The Bertz CT molecular complexity index is 1400. The van der Waals surface area contributed by atoms with Crippen molar-refractivity contribution in [3.63, 3.8) is 0 Å². The van der Waals surface area contributed by atoms with Gasteiger partial charge in [0.1, 0.15) is 17.5 Å². The molecule has 0 bridgehead atoms. The van der Waals surface area contributed by atoms with Crippen LogP contribution in [0.15, 0.2) is 60.4 Å². The number of imide groups is 1. The van der Waals surface area contributed by atoms with E-state index >= 15 is 0 Å². The van der Waals surface area contributed by atoms with Crippen molar-refractivity contribution in [2.75, 3.05) is 5.32 Å². The highest BCUT2D eigenvalue weighted by atomic mass is 35.5. The molecular formula is C30H30ClN3O4. The molecule has 0 aromatic heterocycles. The number of ketones is 1. The zero-order chi connectivity index (χ0) is 27.0. The molecule has 5 rings (SSSR count). The molecular weight excluding hydrogens is 502 g/mol. The molecule has 3 aliphatic rings. The van der Waals surface area contributed by atoms with Gasteiger partial charge >= 0.3 is 0 Å². The number of nitrogens with one attached hydrogen (secondary N) is 2. The van der Waals surface area contributed by atoms with Crippen LogP contribution in [0.5, 0.6) is 0 Å². The van der Waals surface area contributed by atoms with Gasteiger partial charge in [0.05, 0.1) is 0 Å². The third-order valence-corrected chi connectivity index (χ3v) is 7.97. The summed E-state index contributed by atoms with van der Waals surface area (Å²) in [7, 11) is 0. The third kappa shape index (κ3) is 5.29. The van der Waals surface area contributed by atoms with E-state index in [0.717, 1.165) is 40.9 Å². The Labute approximate surface area is 226 Å². The summed E-state index contributed by atoms with van der Waals surface area (Å²) in [5.41, 5.74) is 5.57. The van der Waals surface area contributed by atoms with Crippen molar-refractivity contribution in [3.8, 4) is 0 Å². The van der Waals surface area contributed by atoms with E-state index in [9.17, 15) is 19.2 Å². The van der Waals surface area contributed by atoms with Crippen molar-refractivity contribution < 1.29 is 19.2 Å². The number of benzene rings is 2. The van der Waals surface area contributed by atoms with Crippen LogP contribution in [-0.2, 0) is 32.0 Å². The van der Waals surface area contributed by atoms with Gasteiger partial charge in [-0.15, -0.1) is 0 Å². The molecule has 38 heavy (non-hydrogen) atoms. The largest absolute Gasteiger partial charge is 0.351 e. The Morgan fingerprint density at radius 2 is 1.95 bits per heavy atom. The first kappa shape index (κ1) is 25.9. The number of hydrogen-bond donors (Lipinski definition) is 2. The molecule has 2 heterocycles. The molecule has 1 saturated heterocycles. The van der Waals surface area contributed by atoms with E-state index in [0.29, 0.717) is 42.1 Å². The van der Waals surface area contributed by atoms with Crippen molar-refractivity contribution >= 4 is 40.8 Å². The van der Waals surface area contributed by atoms with E-state index in [1.54, 1.807) is 0 Å². The first-order chi connectivity index (χ1) is 18.2. The number of nitrogens with zero attached hydrogens (tertiary/aromatic N) is 1. The Morgan fingerprint density at radius 3 is 2.71 bits per heavy atom. The molecule has 2 unspecified atom stereocenters. The highest BCUT2D eigenvalue weighted by molar-refractivity contribution is 6.31. The van der Waals surface area contributed by atoms with Gasteiger partial charge in [0.15, 0.2) is 0 Å². The van der Waals surface area contributed by atoms with Crippen LogP contribution in [0.1, 0.15) is 60.3 Å². The summed E-state index contributed by atoms with van der Waals surface area (Å²) in [6.07, 6.45) is 5.73. The minimum absolute atomic E-state index is 0.0827. The second-order valence-electron chi connectivity index (χ2n) is 10.3. The first-order valence-corrected chi connectivity index (χ1v) is 13.3. The second kappa shape index (κ2) is 10.6. The summed E-state index contributed by atoms with van der Waals surface area (Å²) in [5.74, 6) is -1.19. The van der Waals surface area contributed by atoms with Gasteiger partial charge in [0, 0.05) is 35.3 Å². The average molecular weight is 532 g/mol. The molecule has 8 heteroatoms. The van der Waals surface area contributed by atoms with E-state index in [1.807, 2.05) is 43.3 Å². The van der Waals surface area contributed by atoms with Crippen molar-refractivity contribution in [3.05, 3.63) is 87.7 Å². The number of fused-ring (bicyclic) bond motifs is 1. The van der Waals surface area contributed by atoms with Crippen LogP contribution in [0, 0.1) is 6.92 Å². The van der Waals surface area contributed by atoms with Crippen molar-refractivity contribution in [2.24, 2.45) is 0 Å². The number of amides is 3. The van der Waals surface area contributed by atoms with E-state index in [2.05, 4.69) is 17.2 Å². The highest BCUT2D eigenvalue weighted by Gasteiger charge is 2.41. The van der Waals surface area contributed by atoms with E-state index < -0.39 is 23.8 Å². The van der Waals surface area contributed by atoms with E-state index in [4.69, 9.17) is 11.6 Å². The zero-order valence-corrected chi connectivity index (χ0v) is 22.1. The maximum Gasteiger partial charge on any atom is 0.278 e. The topological polar surface area (TPSA) is 95.6 Å². The fourth-order valence-electron chi connectivity index (χ4n) is 5.54. The fourth-order valence-corrected chi connectivity index (χ4v) is 5.74. The van der Waals surface area contributed by atoms with Crippen LogP contribution < -0.4 is 10.6 Å². The van der Waals surface area contributed by atoms with Crippen molar-refractivity contribution in [2.45, 2.75) is 63.8 Å². The van der Waals surface area contributed by atoms with Gasteiger partial charge in [-0.2, -0.15) is 0 Å². The molecule has 2 aromatic rings. The van der Waals surface area contributed by atoms with Gasteiger partial charge in [-0.05, 0) is 85.4 Å². The van der Waals surface area contributed by atoms with Gasteiger partial charge in [-0.25, -0.2) is 0 Å². The molecule has 3 amide bonds. The fraction of sp³-hybridized carbons (Fsp3) is 0.333. The highest BCUT2D eigenvalue weighted by Crippen LogP contribution is 2.37. The monoisotopic (exact) mass is 531 g/mol. The lowest BCUT2D eigenvalue weighted by Gasteiger charge is -2.30. The van der Waals surface area contributed by atoms with Crippen LogP contribution >= 0.6 is 11.6 Å². The number of allylic oxidation sites excluding steroid dienone is 1. The van der Waals surface area contributed by atoms with Gasteiger partial charge in [0.25, 0.3) is 11.8 Å². The molecule has 7 nitrogen and oxygen atoms in total. The first-order valence-electron chi connectivity index (χ1n) is 12.9. The summed E-state index contributed by atoms with van der Waals surface area (Å²) >= 11 is 6.23. The maximum absolute atomic E-state index is 13.1. The molecule has 196 valence electrons. The maximum atomic E-state index is 13.1. The number of aryl methyl sites for hydroxylation is 2. The van der Waals surface area contributed by atoms with Gasteiger partial charge in [0.2, 0.25) is 5.91 Å². The summed E-state index contributed by atoms with van der Waals surface area (Å²) < 4.78 is 0. The van der Waals surface area contributed by atoms with Gasteiger partial charge < -0.3 is 10.6 Å². The molecule has 1 fully saturated rings. The smallest absolute Gasteiger partial charge is 0.278 e. The molecule has 2 aromatic carbocycles. The lowest BCUT2D eigenvalue weighted by atomic mass is 9.79. The van der Waals surface area contributed by atoms with Crippen LogP contribution in [0.4, 0.5) is 5.69 Å². The second-order valence-corrected chi connectivity index (χ2v) is 10.8. The van der Waals surface area contributed by atoms with Crippen LogP contribution in [-0.4, -0.2) is 34.4 Å². The van der Waals surface area contributed by atoms with Crippen LogP contribution in [0.3, 0.4) is 0 Å². The number of rotatable bonds is 7. The number of anilines is 1. The Kier molecular flexibility index (Phi) is 7.21. The predicted octanol–water partition coefficient (Wildman–Crippen LogP) is 4.73. The lowest BCUT2D eigenvalue weighted by Crippen LogP contribution is -2.52. The lowest BCUT2D eigenvalue weighted by molar-refractivity contribution is -0.146. The third-order valence-electron chi connectivity index (χ3n) is 7.56. The number of Topliss-reactive ketones (excluding diaryl/α,β-unsaturated/α-hetero) is 1. The van der Waals surface area contributed by atoms with Gasteiger partial charge in [-0.1, -0.05) is 36.4 Å². The molecule has 0 radical (unpaired) electrons. The Hall–Kier alpha value is -3.71. The molecule has 1 aliphatic carbocycles. The normalized spacial score (nSPS) is 21.2. The van der Waals surface area contributed by atoms with Crippen LogP contribution in [0.2, 0.25) is 5.02 Å². The quantitative estimate of drug-likeness (QED) is 0.504. The summed E-state index contributed by atoms with van der Waals surface area (Å²) in [4.78, 5) is 52.1. The Morgan fingerprint density at radius 1 is 1.13 bits per heavy atom. The van der Waals surface area contributed by atoms with Crippen molar-refractivity contribution in [1.82, 2.24) is 10.2 Å². The molecule has 0 saturated carbocycles. The number of piperidine rings is 1. The number of carbonyl (C=O) groups is 4. The average Bonchev–Trinajstić information content (AvgIpc) is 3.14. The minimum Gasteiger partial charge on any atom is -0.351 e. The number of halogens is 1. The molecule has 2 atom stereocenters. The van der Waals surface area contributed by atoms with E-state index in [1.165, 1.54) is 11.6 Å². The van der Waals surface area contributed by atoms with Crippen molar-refractivity contribution in [1.29, 1.82) is 0 Å². The molecule has 2 aliphatic heterocycles. The van der Waals surface area contributed by atoms with Crippen LogP contribution in [0.25, 0.3) is 0 Å². The molecule has 2 N–H and O–H groups in total. The predicted molar refractivity (Wildman–Crippen MR) is 146 cm³/mol.